The standard InChI is InChI=1S/C16H13BrFNO2/c1-21-12-4-2-10(3-5-12)8-19-9-14-13(16(19)20)6-11(17)7-15(14)18/h2-7H,8-9H2,1H3. The minimum absolute atomic E-state index is 0.138. The van der Waals surface area contributed by atoms with Gasteiger partial charge in [0.1, 0.15) is 11.6 Å². The molecule has 1 aliphatic heterocycles. The van der Waals surface area contributed by atoms with Crippen LogP contribution in [0, 0.1) is 5.82 Å². The Hall–Kier alpha value is -1.88. The summed E-state index contributed by atoms with van der Waals surface area (Å²) in [5, 5.41) is 0. The molecule has 0 unspecified atom stereocenters. The first kappa shape index (κ1) is 14.1. The fourth-order valence-corrected chi connectivity index (χ4v) is 2.90. The molecule has 3 nitrogen and oxygen atoms in total. The van der Waals surface area contributed by atoms with Gasteiger partial charge in [-0.15, -0.1) is 0 Å². The lowest BCUT2D eigenvalue weighted by Gasteiger charge is -2.15. The van der Waals surface area contributed by atoms with Crippen LogP contribution in [0.3, 0.4) is 0 Å². The van der Waals surface area contributed by atoms with E-state index in [4.69, 9.17) is 4.74 Å². The van der Waals surface area contributed by atoms with Crippen molar-refractivity contribution in [2.24, 2.45) is 0 Å². The molecular weight excluding hydrogens is 337 g/mol. The zero-order valence-electron chi connectivity index (χ0n) is 11.4. The molecule has 0 saturated heterocycles. The van der Waals surface area contributed by atoms with Crippen molar-refractivity contribution in [1.29, 1.82) is 0 Å². The first-order valence-corrected chi connectivity index (χ1v) is 7.28. The number of fused-ring (bicyclic) bond motifs is 1. The number of carbonyl (C=O) groups excluding carboxylic acids is 1. The largest absolute Gasteiger partial charge is 0.497 e. The van der Waals surface area contributed by atoms with E-state index in [0.717, 1.165) is 11.3 Å². The molecule has 21 heavy (non-hydrogen) atoms. The molecule has 0 radical (unpaired) electrons. The maximum atomic E-state index is 13.9. The molecule has 0 aromatic heterocycles. The summed E-state index contributed by atoms with van der Waals surface area (Å²) in [4.78, 5) is 14.0. The third-order valence-electron chi connectivity index (χ3n) is 3.56. The minimum Gasteiger partial charge on any atom is -0.497 e. The van der Waals surface area contributed by atoms with Crippen molar-refractivity contribution >= 4 is 21.8 Å². The van der Waals surface area contributed by atoms with E-state index >= 15 is 0 Å². The number of halogens is 2. The Morgan fingerprint density at radius 3 is 2.67 bits per heavy atom. The number of amides is 1. The van der Waals surface area contributed by atoms with Crippen LogP contribution in [0.15, 0.2) is 40.9 Å². The van der Waals surface area contributed by atoms with Crippen molar-refractivity contribution in [3.05, 3.63) is 63.4 Å². The molecule has 0 saturated carbocycles. The van der Waals surface area contributed by atoms with Crippen LogP contribution in [0.1, 0.15) is 21.5 Å². The number of carbonyl (C=O) groups is 1. The summed E-state index contributed by atoms with van der Waals surface area (Å²) < 4.78 is 19.6. The molecule has 108 valence electrons. The summed E-state index contributed by atoms with van der Waals surface area (Å²) in [5.74, 6) is 0.288. The van der Waals surface area contributed by atoms with E-state index in [-0.39, 0.29) is 11.7 Å². The maximum absolute atomic E-state index is 13.9. The predicted molar refractivity (Wildman–Crippen MR) is 80.7 cm³/mol. The van der Waals surface area contributed by atoms with Gasteiger partial charge in [0.15, 0.2) is 0 Å². The van der Waals surface area contributed by atoms with Crippen LogP contribution in [0.4, 0.5) is 4.39 Å². The highest BCUT2D eigenvalue weighted by molar-refractivity contribution is 9.10. The second-order valence-corrected chi connectivity index (χ2v) is 5.84. The zero-order valence-corrected chi connectivity index (χ0v) is 13.0. The summed E-state index contributed by atoms with van der Waals surface area (Å²) in [7, 11) is 1.61. The molecule has 1 amide bonds. The number of benzene rings is 2. The summed E-state index contributed by atoms with van der Waals surface area (Å²) in [5.41, 5.74) is 1.89. The van der Waals surface area contributed by atoms with Gasteiger partial charge in [-0.1, -0.05) is 28.1 Å². The van der Waals surface area contributed by atoms with Crippen molar-refractivity contribution in [2.75, 3.05) is 7.11 Å². The first-order chi connectivity index (χ1) is 10.1. The van der Waals surface area contributed by atoms with Gasteiger partial charge in [0.25, 0.3) is 5.91 Å². The average molecular weight is 350 g/mol. The van der Waals surface area contributed by atoms with Crippen LogP contribution in [0.25, 0.3) is 0 Å². The summed E-state index contributed by atoms with van der Waals surface area (Å²) in [6.07, 6.45) is 0. The van der Waals surface area contributed by atoms with Crippen LogP contribution < -0.4 is 4.74 Å². The van der Waals surface area contributed by atoms with Gasteiger partial charge < -0.3 is 9.64 Å². The molecule has 1 aliphatic rings. The smallest absolute Gasteiger partial charge is 0.254 e. The predicted octanol–water partition coefficient (Wildman–Crippen LogP) is 3.75. The van der Waals surface area contributed by atoms with Gasteiger partial charge in [-0.05, 0) is 29.8 Å². The number of hydrogen-bond donors (Lipinski definition) is 0. The normalized spacial score (nSPS) is 13.5. The Balaban J connectivity index is 1.82. The van der Waals surface area contributed by atoms with Crippen molar-refractivity contribution in [1.82, 2.24) is 4.90 Å². The Morgan fingerprint density at radius 1 is 1.29 bits per heavy atom. The van der Waals surface area contributed by atoms with E-state index in [1.807, 2.05) is 24.3 Å². The summed E-state index contributed by atoms with van der Waals surface area (Å²) in [6.45, 7) is 0.758. The highest BCUT2D eigenvalue weighted by Gasteiger charge is 2.30. The molecule has 0 fully saturated rings. The van der Waals surface area contributed by atoms with Crippen molar-refractivity contribution in [3.8, 4) is 5.75 Å². The Morgan fingerprint density at radius 2 is 2.00 bits per heavy atom. The zero-order chi connectivity index (χ0) is 15.0. The molecule has 0 spiro atoms. The van der Waals surface area contributed by atoms with Crippen LogP contribution >= 0.6 is 15.9 Å². The molecule has 0 aliphatic carbocycles. The second kappa shape index (κ2) is 5.48. The fourth-order valence-electron chi connectivity index (χ4n) is 2.47. The molecule has 0 atom stereocenters. The second-order valence-electron chi connectivity index (χ2n) is 4.92. The molecule has 2 aromatic rings. The number of ether oxygens (including phenoxy) is 1. The molecule has 2 aromatic carbocycles. The Bertz CT molecular complexity index is 700. The third-order valence-corrected chi connectivity index (χ3v) is 4.02. The molecule has 0 bridgehead atoms. The van der Waals surface area contributed by atoms with Crippen LogP contribution in [-0.2, 0) is 13.1 Å². The first-order valence-electron chi connectivity index (χ1n) is 6.48. The molecule has 3 rings (SSSR count). The van der Waals surface area contributed by atoms with Gasteiger partial charge in [0.2, 0.25) is 0 Å². The highest BCUT2D eigenvalue weighted by Crippen LogP contribution is 2.29. The summed E-state index contributed by atoms with van der Waals surface area (Å²) in [6, 6.07) is 10.6. The van der Waals surface area contributed by atoms with Gasteiger partial charge >= 0.3 is 0 Å². The van der Waals surface area contributed by atoms with Gasteiger partial charge in [-0.25, -0.2) is 4.39 Å². The van der Waals surface area contributed by atoms with Crippen molar-refractivity contribution in [3.63, 3.8) is 0 Å². The van der Waals surface area contributed by atoms with E-state index in [0.29, 0.717) is 28.7 Å². The quantitative estimate of drug-likeness (QED) is 0.844. The van der Waals surface area contributed by atoms with Gasteiger partial charge in [0.05, 0.1) is 13.7 Å². The average Bonchev–Trinajstić information content (AvgIpc) is 2.78. The topological polar surface area (TPSA) is 29.5 Å². The van der Waals surface area contributed by atoms with Crippen LogP contribution in [-0.4, -0.2) is 17.9 Å². The number of methoxy groups -OCH3 is 1. The fraction of sp³-hybridized carbons (Fsp3) is 0.188. The van der Waals surface area contributed by atoms with E-state index in [2.05, 4.69) is 15.9 Å². The monoisotopic (exact) mass is 349 g/mol. The number of nitrogens with zero attached hydrogens (tertiary/aromatic N) is 1. The molecule has 1 heterocycles. The lowest BCUT2D eigenvalue weighted by atomic mass is 10.1. The summed E-state index contributed by atoms with van der Waals surface area (Å²) >= 11 is 3.22. The van der Waals surface area contributed by atoms with Crippen molar-refractivity contribution < 1.29 is 13.9 Å². The van der Waals surface area contributed by atoms with Crippen LogP contribution in [0.2, 0.25) is 0 Å². The van der Waals surface area contributed by atoms with Crippen molar-refractivity contribution in [2.45, 2.75) is 13.1 Å². The minimum atomic E-state index is -0.343. The Labute approximate surface area is 130 Å². The molecule has 0 N–H and O–H groups in total. The maximum Gasteiger partial charge on any atom is 0.254 e. The molecular formula is C16H13BrFNO2. The van der Waals surface area contributed by atoms with E-state index < -0.39 is 0 Å². The van der Waals surface area contributed by atoms with Gasteiger partial charge in [-0.3, -0.25) is 4.79 Å². The molecule has 5 heteroatoms. The Kier molecular flexibility index (Phi) is 3.68. The lowest BCUT2D eigenvalue weighted by Crippen LogP contribution is -2.23. The third kappa shape index (κ3) is 2.65. The number of hydrogen-bond acceptors (Lipinski definition) is 2. The van der Waals surface area contributed by atoms with E-state index in [1.54, 1.807) is 18.1 Å². The SMILES string of the molecule is COc1ccc(CN2Cc3c(F)cc(Br)cc3C2=O)cc1. The van der Waals surface area contributed by atoms with E-state index in [9.17, 15) is 9.18 Å². The number of rotatable bonds is 3. The van der Waals surface area contributed by atoms with Crippen LogP contribution in [0.5, 0.6) is 5.75 Å². The highest BCUT2D eigenvalue weighted by atomic mass is 79.9. The lowest BCUT2D eigenvalue weighted by molar-refractivity contribution is 0.0766. The van der Waals surface area contributed by atoms with Gasteiger partial charge in [0, 0.05) is 22.1 Å². The van der Waals surface area contributed by atoms with E-state index in [1.165, 1.54) is 6.07 Å². The van der Waals surface area contributed by atoms with Gasteiger partial charge in [-0.2, -0.15) is 0 Å².